The second-order valence-electron chi connectivity index (χ2n) is 0.476. The molecule has 0 aliphatic carbocycles. The van der Waals surface area contributed by atoms with Gasteiger partial charge in [0.1, 0.15) is 0 Å². The van der Waals surface area contributed by atoms with E-state index in [1.165, 1.54) is 0 Å². The van der Waals surface area contributed by atoms with E-state index >= 15 is 0 Å². The zero-order valence-electron chi connectivity index (χ0n) is 5.99. The van der Waals surface area contributed by atoms with E-state index < -0.39 is 10.2 Å². The van der Waals surface area contributed by atoms with Crippen molar-refractivity contribution >= 4 is 0 Å². The lowest BCUT2D eigenvalue weighted by Crippen LogP contribution is -2.02. The number of hydrazine groups is 1. The van der Waals surface area contributed by atoms with Gasteiger partial charge in [0.05, 0.1) is 0 Å². The Morgan fingerprint density at radius 3 is 1.00 bits per heavy atom. The molecular weight excluding hydrogens is 176 g/mol. The normalized spacial score (nSPS) is 4.83. The van der Waals surface area contributed by atoms with E-state index in [0.717, 1.165) is 0 Å². The topological polar surface area (TPSA) is 179 Å². The molecule has 0 saturated carbocycles. The Morgan fingerprint density at radius 1 is 1.00 bits per heavy atom. The summed E-state index contributed by atoms with van der Waals surface area (Å²) in [6.07, 6.45) is 0. The minimum absolute atomic E-state index is 1.50. The fraction of sp³-hybridized carbons (Fsp3) is 0. The quantitative estimate of drug-likeness (QED) is 0.159. The minimum atomic E-state index is -1.50. The smallest absolute Gasteiger partial charge is 0.291 e. The lowest BCUT2D eigenvalue weighted by molar-refractivity contribution is -0.742. The zero-order valence-corrected chi connectivity index (χ0v) is 5.99. The highest BCUT2D eigenvalue weighted by atomic mass is 16.9. The molecule has 10 heteroatoms. The highest BCUT2D eigenvalue weighted by Crippen LogP contribution is 1.38. The van der Waals surface area contributed by atoms with Crippen LogP contribution < -0.4 is 11.7 Å². The van der Waals surface area contributed by atoms with Crippen molar-refractivity contribution in [1.29, 1.82) is 0 Å². The molecule has 0 heterocycles. The van der Waals surface area contributed by atoms with Gasteiger partial charge in [-0.15, -0.1) is 33.4 Å². The molecule has 0 bridgehead atoms. The fourth-order valence-corrected chi connectivity index (χ4v) is 0. The van der Waals surface area contributed by atoms with Crippen LogP contribution in [0.1, 0.15) is 0 Å². The summed E-state index contributed by atoms with van der Waals surface area (Å²) in [7, 11) is 0. The summed E-state index contributed by atoms with van der Waals surface area (Å²) in [5, 5.41) is 27.3. The first-order chi connectivity index (χ1) is 5.46. The molecular formula is C2H10N4O6. The van der Waals surface area contributed by atoms with E-state index in [2.05, 4.69) is 24.8 Å². The Balaban J connectivity index is -0.0000000380. The Morgan fingerprint density at radius 2 is 1.00 bits per heavy atom. The van der Waals surface area contributed by atoms with Gasteiger partial charge in [0, 0.05) is 0 Å². The molecule has 0 spiro atoms. The van der Waals surface area contributed by atoms with Crippen molar-refractivity contribution in [2.75, 3.05) is 0 Å². The molecule has 0 rings (SSSR count). The number of rotatable bonds is 0. The maximum absolute atomic E-state index is 8.36. The van der Waals surface area contributed by atoms with Gasteiger partial charge in [-0.1, -0.05) is 0 Å². The zero-order chi connectivity index (χ0) is 11.2. The molecule has 0 aliphatic heterocycles. The molecule has 0 aromatic heterocycles. The lowest BCUT2D eigenvalue weighted by Gasteiger charge is -1.56. The maximum Gasteiger partial charge on any atom is 0.291 e. The maximum atomic E-state index is 8.36. The summed E-state index contributed by atoms with van der Waals surface area (Å²) in [6.45, 7) is 6.00. The van der Waals surface area contributed by atoms with Crippen LogP contribution in [0.2, 0.25) is 0 Å². The molecule has 12 heavy (non-hydrogen) atoms. The van der Waals surface area contributed by atoms with Gasteiger partial charge >= 0.3 is 0 Å². The first kappa shape index (κ1) is 22.5. The lowest BCUT2D eigenvalue weighted by atomic mass is 11.3. The summed E-state index contributed by atoms with van der Waals surface area (Å²) in [4.78, 5) is 16.7. The van der Waals surface area contributed by atoms with Crippen LogP contribution >= 0.6 is 0 Å². The number of hydrogen-bond acceptors (Lipinski definition) is 6. The van der Waals surface area contributed by atoms with Crippen molar-refractivity contribution in [3.63, 3.8) is 0 Å². The summed E-state index contributed by atoms with van der Waals surface area (Å²) in [6, 6.07) is 0. The number of nitrogens with zero attached hydrogens (tertiary/aromatic N) is 2. The molecule has 0 radical (unpaired) electrons. The van der Waals surface area contributed by atoms with Gasteiger partial charge in [-0.25, -0.2) is 0 Å². The van der Waals surface area contributed by atoms with Crippen LogP contribution in [0.4, 0.5) is 0 Å². The molecule has 0 amide bonds. The predicted molar refractivity (Wildman–Crippen MR) is 37.2 cm³/mol. The van der Waals surface area contributed by atoms with Gasteiger partial charge in [0.2, 0.25) is 0 Å². The summed E-state index contributed by atoms with van der Waals surface area (Å²) < 4.78 is 0. The molecule has 0 aliphatic rings. The van der Waals surface area contributed by atoms with Crippen LogP contribution in [0.3, 0.4) is 0 Å². The van der Waals surface area contributed by atoms with E-state index in [1.54, 1.807) is 0 Å². The average molecular weight is 186 g/mol. The summed E-state index contributed by atoms with van der Waals surface area (Å²) >= 11 is 0. The number of hydrogen-bond donors (Lipinski definition) is 4. The predicted octanol–water partition coefficient (Wildman–Crippen LogP) is -1.07. The Hall–Kier alpha value is -1.94. The van der Waals surface area contributed by atoms with Crippen LogP contribution in [-0.4, -0.2) is 20.6 Å². The van der Waals surface area contributed by atoms with Crippen LogP contribution in [0.25, 0.3) is 0 Å². The summed E-state index contributed by atoms with van der Waals surface area (Å²) in [5.41, 5.74) is 0. The molecule has 10 nitrogen and oxygen atoms in total. The SMILES string of the molecule is C=C.NN.O=[N+]([O-])O.O=[N+]([O-])O. The summed E-state index contributed by atoms with van der Waals surface area (Å²) in [5.74, 6) is 8.00. The van der Waals surface area contributed by atoms with E-state index in [-0.39, 0.29) is 0 Å². The monoisotopic (exact) mass is 186 g/mol. The van der Waals surface area contributed by atoms with Crippen LogP contribution in [-0.2, 0) is 0 Å². The van der Waals surface area contributed by atoms with Gasteiger partial charge in [0.25, 0.3) is 10.2 Å². The molecule has 0 aromatic rings. The van der Waals surface area contributed by atoms with Crippen LogP contribution in [0.15, 0.2) is 13.2 Å². The first-order valence-corrected chi connectivity index (χ1v) is 1.96. The van der Waals surface area contributed by atoms with Gasteiger partial charge in [-0.3, -0.25) is 11.7 Å². The Kier molecular flexibility index (Phi) is 66.9. The fourth-order valence-electron chi connectivity index (χ4n) is 0. The Labute approximate surface area is 66.9 Å². The van der Waals surface area contributed by atoms with Crippen LogP contribution in [0.5, 0.6) is 0 Å². The van der Waals surface area contributed by atoms with Crippen molar-refractivity contribution in [2.45, 2.75) is 0 Å². The number of nitrogens with two attached hydrogens (primary N) is 2. The molecule has 0 fully saturated rings. The van der Waals surface area contributed by atoms with Crippen molar-refractivity contribution in [1.82, 2.24) is 0 Å². The molecule has 0 saturated heterocycles. The van der Waals surface area contributed by atoms with Gasteiger partial charge in [0.15, 0.2) is 0 Å². The standard InChI is InChI=1S/C2H4.H4N2.2HNO3/c2*1-2;2*2-1(3)4/h2*1-2H2;2*(H,2,3,4). The molecule has 0 unspecified atom stereocenters. The van der Waals surface area contributed by atoms with E-state index in [1.807, 2.05) is 0 Å². The largest absolute Gasteiger partial charge is 0.328 e. The van der Waals surface area contributed by atoms with Crippen LogP contribution in [0, 0.1) is 20.2 Å². The van der Waals surface area contributed by atoms with Gasteiger partial charge in [-0.2, -0.15) is 0 Å². The second-order valence-corrected chi connectivity index (χ2v) is 0.476. The third-order valence-electron chi connectivity index (χ3n) is 0. The molecule has 0 aromatic carbocycles. The van der Waals surface area contributed by atoms with E-state index in [9.17, 15) is 0 Å². The van der Waals surface area contributed by atoms with E-state index in [0.29, 0.717) is 0 Å². The molecule has 6 N–H and O–H groups in total. The van der Waals surface area contributed by atoms with Gasteiger partial charge in [-0.05, 0) is 0 Å². The van der Waals surface area contributed by atoms with Crippen molar-refractivity contribution in [3.8, 4) is 0 Å². The average Bonchev–Trinajstić information content (AvgIpc) is 1.93. The van der Waals surface area contributed by atoms with Crippen molar-refractivity contribution in [2.24, 2.45) is 11.7 Å². The van der Waals surface area contributed by atoms with Crippen molar-refractivity contribution < 1.29 is 20.6 Å². The van der Waals surface area contributed by atoms with Gasteiger partial charge < -0.3 is 10.4 Å². The molecule has 74 valence electrons. The second kappa shape index (κ2) is 35.7. The Bertz CT molecular complexity index is 85.7. The third-order valence-corrected chi connectivity index (χ3v) is 0. The van der Waals surface area contributed by atoms with E-state index in [4.69, 9.17) is 30.6 Å². The highest BCUT2D eigenvalue weighted by molar-refractivity contribution is 4.22. The van der Waals surface area contributed by atoms with Crippen molar-refractivity contribution in [3.05, 3.63) is 33.4 Å². The third kappa shape index (κ3) is 107. The first-order valence-electron chi connectivity index (χ1n) is 1.96. The highest BCUT2D eigenvalue weighted by Gasteiger charge is 1.65. The minimum Gasteiger partial charge on any atom is -0.328 e. The molecule has 0 atom stereocenters.